The number of piperidine rings is 2. The van der Waals surface area contributed by atoms with Crippen LogP contribution in [0.4, 0.5) is 0 Å². The van der Waals surface area contributed by atoms with Crippen molar-refractivity contribution in [3.8, 4) is 11.4 Å². The molecular weight excluding hydrogens is 348 g/mol. The van der Waals surface area contributed by atoms with E-state index < -0.39 is 0 Å². The number of carbonyl (C=O) groups excluding carboxylic acids is 1. The van der Waals surface area contributed by atoms with Gasteiger partial charge in [0.05, 0.1) is 6.54 Å². The van der Waals surface area contributed by atoms with Gasteiger partial charge in [0.25, 0.3) is 0 Å². The molecule has 4 rings (SSSR count). The van der Waals surface area contributed by atoms with Crippen molar-refractivity contribution in [3.63, 3.8) is 0 Å². The highest BCUT2D eigenvalue weighted by molar-refractivity contribution is 5.78. The predicted octanol–water partition coefficient (Wildman–Crippen LogP) is 3.52. The van der Waals surface area contributed by atoms with E-state index >= 15 is 0 Å². The lowest BCUT2D eigenvalue weighted by molar-refractivity contribution is -0.134. The molecule has 3 heterocycles. The fraction of sp³-hybridized carbons (Fsp3) is 0.565. The second kappa shape index (κ2) is 8.91. The largest absolute Gasteiger partial charge is 0.342 e. The normalized spacial score (nSPS) is 19.8. The fourth-order valence-electron chi connectivity index (χ4n) is 4.46. The Morgan fingerprint density at radius 3 is 2.46 bits per heavy atom. The van der Waals surface area contributed by atoms with Gasteiger partial charge in [-0.1, -0.05) is 37.3 Å². The zero-order valence-corrected chi connectivity index (χ0v) is 17.0. The standard InChI is InChI=1S/C23H32N4O/c1-19-7-14-26(15-8-19)22(28)18-25-12-9-20(10-13-25)17-27-16-11-24-23(27)21-5-3-2-4-6-21/h2-6,11,16,19-20H,7-10,12-15,17-18H2,1H3. The number of rotatable bonds is 5. The Labute approximate surface area is 168 Å². The van der Waals surface area contributed by atoms with Gasteiger partial charge in [-0.2, -0.15) is 0 Å². The quantitative estimate of drug-likeness (QED) is 0.797. The van der Waals surface area contributed by atoms with Crippen molar-refractivity contribution in [1.82, 2.24) is 19.4 Å². The Morgan fingerprint density at radius 2 is 1.75 bits per heavy atom. The van der Waals surface area contributed by atoms with Crippen LogP contribution in [0.2, 0.25) is 0 Å². The lowest BCUT2D eigenvalue weighted by Gasteiger charge is -2.35. The van der Waals surface area contributed by atoms with Crippen LogP contribution < -0.4 is 0 Å². The molecule has 2 saturated heterocycles. The molecule has 2 aliphatic heterocycles. The van der Waals surface area contributed by atoms with Gasteiger partial charge in [-0.15, -0.1) is 0 Å². The third-order valence-electron chi connectivity index (χ3n) is 6.40. The second-order valence-corrected chi connectivity index (χ2v) is 8.55. The Bertz CT molecular complexity index is 756. The Balaban J connectivity index is 1.26. The highest BCUT2D eigenvalue weighted by Gasteiger charge is 2.25. The molecule has 0 N–H and O–H groups in total. The van der Waals surface area contributed by atoms with E-state index in [1.165, 1.54) is 5.56 Å². The van der Waals surface area contributed by atoms with Gasteiger partial charge in [0, 0.05) is 37.6 Å². The van der Waals surface area contributed by atoms with E-state index in [1.54, 1.807) is 0 Å². The van der Waals surface area contributed by atoms with Crippen molar-refractivity contribution in [2.24, 2.45) is 11.8 Å². The summed E-state index contributed by atoms with van der Waals surface area (Å²) < 4.78 is 2.29. The molecule has 150 valence electrons. The number of benzene rings is 1. The maximum Gasteiger partial charge on any atom is 0.236 e. The molecular formula is C23H32N4O. The highest BCUT2D eigenvalue weighted by atomic mass is 16.2. The minimum absolute atomic E-state index is 0.325. The molecule has 0 saturated carbocycles. The molecule has 28 heavy (non-hydrogen) atoms. The monoisotopic (exact) mass is 380 g/mol. The van der Waals surface area contributed by atoms with E-state index in [2.05, 4.69) is 56.7 Å². The minimum atomic E-state index is 0.325. The summed E-state index contributed by atoms with van der Waals surface area (Å²) in [4.78, 5) is 21.6. The van der Waals surface area contributed by atoms with Gasteiger partial charge >= 0.3 is 0 Å². The number of nitrogens with zero attached hydrogens (tertiary/aromatic N) is 4. The third kappa shape index (κ3) is 4.64. The molecule has 0 atom stereocenters. The molecule has 2 fully saturated rings. The molecule has 2 aliphatic rings. The molecule has 0 aliphatic carbocycles. The molecule has 1 aromatic carbocycles. The average molecular weight is 381 g/mol. The van der Waals surface area contributed by atoms with Crippen LogP contribution in [0.3, 0.4) is 0 Å². The molecule has 5 nitrogen and oxygen atoms in total. The number of hydrogen-bond donors (Lipinski definition) is 0. The topological polar surface area (TPSA) is 41.4 Å². The minimum Gasteiger partial charge on any atom is -0.342 e. The third-order valence-corrected chi connectivity index (χ3v) is 6.40. The van der Waals surface area contributed by atoms with Gasteiger partial charge in [0.2, 0.25) is 5.91 Å². The summed E-state index contributed by atoms with van der Waals surface area (Å²) in [5.41, 5.74) is 1.17. The maximum atomic E-state index is 12.6. The molecule has 0 bridgehead atoms. The molecule has 0 unspecified atom stereocenters. The first-order chi connectivity index (χ1) is 13.7. The van der Waals surface area contributed by atoms with Crippen LogP contribution in [0.25, 0.3) is 11.4 Å². The van der Waals surface area contributed by atoms with Gasteiger partial charge in [-0.05, 0) is 50.6 Å². The van der Waals surface area contributed by atoms with Crippen LogP contribution in [0.15, 0.2) is 42.7 Å². The molecule has 2 aromatic rings. The Kier molecular flexibility index (Phi) is 6.10. The van der Waals surface area contributed by atoms with Crippen LogP contribution in [0.1, 0.15) is 32.6 Å². The number of aromatic nitrogens is 2. The SMILES string of the molecule is CC1CCN(C(=O)CN2CCC(Cn3ccnc3-c3ccccc3)CC2)CC1. The molecule has 0 spiro atoms. The van der Waals surface area contributed by atoms with Gasteiger partial charge in [0.1, 0.15) is 5.82 Å². The molecule has 1 aromatic heterocycles. The van der Waals surface area contributed by atoms with E-state index in [4.69, 9.17) is 0 Å². The fourth-order valence-corrected chi connectivity index (χ4v) is 4.46. The van der Waals surface area contributed by atoms with E-state index in [1.807, 2.05) is 12.3 Å². The Morgan fingerprint density at radius 1 is 1.04 bits per heavy atom. The summed E-state index contributed by atoms with van der Waals surface area (Å²) >= 11 is 0. The van der Waals surface area contributed by atoms with E-state index in [9.17, 15) is 4.79 Å². The van der Waals surface area contributed by atoms with Gasteiger partial charge < -0.3 is 9.47 Å². The Hall–Kier alpha value is -2.14. The first kappa shape index (κ1) is 19.2. The zero-order chi connectivity index (χ0) is 19.3. The number of hydrogen-bond acceptors (Lipinski definition) is 3. The van der Waals surface area contributed by atoms with Crippen LogP contribution in [-0.2, 0) is 11.3 Å². The number of amides is 1. The van der Waals surface area contributed by atoms with Crippen LogP contribution in [0.5, 0.6) is 0 Å². The lowest BCUT2D eigenvalue weighted by Crippen LogP contribution is -2.46. The summed E-state index contributed by atoms with van der Waals surface area (Å²) in [6, 6.07) is 10.4. The van der Waals surface area contributed by atoms with Crippen molar-refractivity contribution in [1.29, 1.82) is 0 Å². The van der Waals surface area contributed by atoms with Crippen molar-refractivity contribution >= 4 is 5.91 Å². The lowest BCUT2D eigenvalue weighted by atomic mass is 9.96. The first-order valence-electron chi connectivity index (χ1n) is 10.8. The zero-order valence-electron chi connectivity index (χ0n) is 17.0. The van der Waals surface area contributed by atoms with Gasteiger partial charge in [0.15, 0.2) is 0 Å². The second-order valence-electron chi connectivity index (χ2n) is 8.55. The van der Waals surface area contributed by atoms with Crippen LogP contribution in [0, 0.1) is 11.8 Å². The number of carbonyl (C=O) groups is 1. The molecule has 5 heteroatoms. The number of imidazole rings is 1. The van der Waals surface area contributed by atoms with Crippen molar-refractivity contribution < 1.29 is 4.79 Å². The van der Waals surface area contributed by atoms with Gasteiger partial charge in [-0.3, -0.25) is 9.69 Å². The summed E-state index contributed by atoms with van der Waals surface area (Å²) in [6.45, 7) is 7.83. The number of likely N-dealkylation sites (tertiary alicyclic amines) is 2. The maximum absolute atomic E-state index is 12.6. The van der Waals surface area contributed by atoms with Crippen LogP contribution >= 0.6 is 0 Å². The summed E-state index contributed by atoms with van der Waals surface area (Å²) in [7, 11) is 0. The summed E-state index contributed by atoms with van der Waals surface area (Å²) in [5, 5.41) is 0. The highest BCUT2D eigenvalue weighted by Crippen LogP contribution is 2.23. The van der Waals surface area contributed by atoms with E-state index in [0.29, 0.717) is 18.4 Å². The van der Waals surface area contributed by atoms with Crippen molar-refractivity contribution in [3.05, 3.63) is 42.7 Å². The van der Waals surface area contributed by atoms with Crippen LogP contribution in [-0.4, -0.2) is 58.0 Å². The molecule has 1 amide bonds. The van der Waals surface area contributed by atoms with Crippen molar-refractivity contribution in [2.75, 3.05) is 32.7 Å². The predicted molar refractivity (Wildman–Crippen MR) is 112 cm³/mol. The summed E-state index contributed by atoms with van der Waals surface area (Å²) in [5.74, 6) is 2.80. The smallest absolute Gasteiger partial charge is 0.236 e. The van der Waals surface area contributed by atoms with Gasteiger partial charge in [-0.25, -0.2) is 4.98 Å². The molecule has 0 radical (unpaired) electrons. The van der Waals surface area contributed by atoms with E-state index in [0.717, 1.165) is 70.1 Å². The average Bonchev–Trinajstić information content (AvgIpc) is 3.19. The van der Waals surface area contributed by atoms with Crippen molar-refractivity contribution in [2.45, 2.75) is 39.2 Å². The van der Waals surface area contributed by atoms with E-state index in [-0.39, 0.29) is 0 Å². The summed E-state index contributed by atoms with van der Waals surface area (Å²) in [6.07, 6.45) is 8.60. The first-order valence-corrected chi connectivity index (χ1v) is 10.8.